The maximum absolute atomic E-state index is 6.09. The average Bonchev–Trinajstić information content (AvgIpc) is 2.88. The molecule has 0 saturated carbocycles. The molecule has 7 heteroatoms. The maximum atomic E-state index is 6.09. The van der Waals surface area contributed by atoms with E-state index < -0.39 is 0 Å². The third kappa shape index (κ3) is 2.66. The molecule has 1 aliphatic rings. The van der Waals surface area contributed by atoms with E-state index in [0.29, 0.717) is 6.54 Å². The van der Waals surface area contributed by atoms with Crippen LogP contribution in [0.2, 0.25) is 0 Å². The first-order valence-electron chi connectivity index (χ1n) is 7.43. The van der Waals surface area contributed by atoms with Crippen LogP contribution in [0.3, 0.4) is 0 Å². The molecule has 0 unspecified atom stereocenters. The first-order valence-corrected chi connectivity index (χ1v) is 7.43. The van der Waals surface area contributed by atoms with E-state index >= 15 is 0 Å². The molecule has 0 spiro atoms. The molecular formula is C15H21BN4O2. The highest BCUT2D eigenvalue weighted by Gasteiger charge is 2.52. The second kappa shape index (κ2) is 5.17. The second-order valence-electron chi connectivity index (χ2n) is 6.66. The molecule has 0 aromatic carbocycles. The van der Waals surface area contributed by atoms with Gasteiger partial charge in [0.15, 0.2) is 0 Å². The molecule has 0 amide bonds. The molecule has 116 valence electrons. The Labute approximate surface area is 131 Å². The Balaban J connectivity index is 1.82. The molecule has 3 heterocycles. The van der Waals surface area contributed by atoms with Crippen molar-refractivity contribution in [3.05, 3.63) is 36.2 Å². The lowest BCUT2D eigenvalue weighted by Crippen LogP contribution is -2.41. The van der Waals surface area contributed by atoms with Crippen molar-refractivity contribution in [2.24, 2.45) is 0 Å². The number of nitrogens with zero attached hydrogens (tertiary/aromatic N) is 4. The first kappa shape index (κ1) is 15.2. The minimum absolute atomic E-state index is 0.348. The SMILES string of the molecule is Cc1nn(Cc2ccncn2)cc1B1OC(C)(C)C(C)(C)O1. The van der Waals surface area contributed by atoms with Gasteiger partial charge < -0.3 is 9.31 Å². The largest absolute Gasteiger partial charge is 0.498 e. The van der Waals surface area contributed by atoms with Crippen LogP contribution in [0.25, 0.3) is 0 Å². The zero-order valence-corrected chi connectivity index (χ0v) is 13.7. The van der Waals surface area contributed by atoms with Crippen LogP contribution in [0, 0.1) is 6.92 Å². The minimum atomic E-state index is -0.385. The summed E-state index contributed by atoms with van der Waals surface area (Å²) in [5, 5.41) is 4.54. The van der Waals surface area contributed by atoms with E-state index in [4.69, 9.17) is 9.31 Å². The molecule has 22 heavy (non-hydrogen) atoms. The predicted molar refractivity (Wildman–Crippen MR) is 83.8 cm³/mol. The van der Waals surface area contributed by atoms with E-state index in [2.05, 4.69) is 15.1 Å². The highest BCUT2D eigenvalue weighted by molar-refractivity contribution is 6.62. The van der Waals surface area contributed by atoms with E-state index in [1.54, 1.807) is 12.5 Å². The van der Waals surface area contributed by atoms with Gasteiger partial charge >= 0.3 is 7.12 Å². The van der Waals surface area contributed by atoms with Gasteiger partial charge in [0, 0.05) is 17.9 Å². The van der Waals surface area contributed by atoms with Crippen molar-refractivity contribution in [3.8, 4) is 0 Å². The third-order valence-electron chi connectivity index (χ3n) is 4.46. The summed E-state index contributed by atoms with van der Waals surface area (Å²) in [6.45, 7) is 10.8. The Morgan fingerprint density at radius 3 is 2.45 bits per heavy atom. The molecule has 6 nitrogen and oxygen atoms in total. The molecule has 1 fully saturated rings. The fourth-order valence-electron chi connectivity index (χ4n) is 2.39. The number of rotatable bonds is 3. The Bertz CT molecular complexity index is 653. The molecule has 0 atom stereocenters. The summed E-state index contributed by atoms with van der Waals surface area (Å²) in [6.07, 6.45) is 5.24. The van der Waals surface area contributed by atoms with Gasteiger partial charge in [0.2, 0.25) is 0 Å². The summed E-state index contributed by atoms with van der Waals surface area (Å²) >= 11 is 0. The topological polar surface area (TPSA) is 62.1 Å². The molecule has 2 aromatic heterocycles. The summed E-state index contributed by atoms with van der Waals surface area (Å²) in [5.74, 6) is 0. The lowest BCUT2D eigenvalue weighted by atomic mass is 9.79. The molecule has 3 rings (SSSR count). The summed E-state index contributed by atoms with van der Waals surface area (Å²) < 4.78 is 14.0. The Morgan fingerprint density at radius 1 is 1.18 bits per heavy atom. The molecule has 0 aliphatic carbocycles. The fraction of sp³-hybridized carbons (Fsp3) is 0.533. The zero-order valence-electron chi connectivity index (χ0n) is 13.7. The van der Waals surface area contributed by atoms with Crippen LogP contribution in [-0.2, 0) is 15.9 Å². The standard InChI is InChI=1S/C15H21BN4O2/c1-11-13(16-21-14(2,3)15(4,5)22-16)9-20(19-11)8-12-6-7-17-10-18-12/h6-7,9-10H,8H2,1-5H3. The van der Waals surface area contributed by atoms with Gasteiger partial charge in [0.1, 0.15) is 6.33 Å². The van der Waals surface area contributed by atoms with Crippen LogP contribution < -0.4 is 5.46 Å². The van der Waals surface area contributed by atoms with E-state index in [9.17, 15) is 0 Å². The van der Waals surface area contributed by atoms with Crippen molar-refractivity contribution in [1.29, 1.82) is 0 Å². The predicted octanol–water partition coefficient (Wildman–Crippen LogP) is 1.33. The molecule has 1 aliphatic heterocycles. The van der Waals surface area contributed by atoms with Crippen molar-refractivity contribution in [2.45, 2.75) is 52.4 Å². The number of aromatic nitrogens is 4. The summed E-state index contributed by atoms with van der Waals surface area (Å²) in [5.41, 5.74) is 2.09. The monoisotopic (exact) mass is 300 g/mol. The summed E-state index contributed by atoms with van der Waals surface area (Å²) in [7, 11) is -0.385. The quantitative estimate of drug-likeness (QED) is 0.800. The number of aryl methyl sites for hydroxylation is 1. The lowest BCUT2D eigenvalue weighted by molar-refractivity contribution is 0.00578. The third-order valence-corrected chi connectivity index (χ3v) is 4.46. The van der Waals surface area contributed by atoms with E-state index in [1.165, 1.54) is 0 Å². The Kier molecular flexibility index (Phi) is 3.57. The fourth-order valence-corrected chi connectivity index (χ4v) is 2.39. The highest BCUT2D eigenvalue weighted by atomic mass is 16.7. The van der Waals surface area contributed by atoms with Crippen LogP contribution in [0.1, 0.15) is 39.1 Å². The summed E-state index contributed by atoms with van der Waals surface area (Å²) in [4.78, 5) is 8.15. The molecule has 0 N–H and O–H groups in total. The second-order valence-corrected chi connectivity index (χ2v) is 6.66. The van der Waals surface area contributed by atoms with Crippen LogP contribution in [0.4, 0.5) is 0 Å². The van der Waals surface area contributed by atoms with Gasteiger partial charge in [-0.3, -0.25) is 4.68 Å². The van der Waals surface area contributed by atoms with Crippen molar-refractivity contribution in [2.75, 3.05) is 0 Å². The van der Waals surface area contributed by atoms with Gasteiger partial charge in [-0.1, -0.05) is 0 Å². The Morgan fingerprint density at radius 2 is 1.86 bits per heavy atom. The number of hydrogen-bond donors (Lipinski definition) is 0. The van der Waals surface area contributed by atoms with Crippen molar-refractivity contribution in [1.82, 2.24) is 19.7 Å². The van der Waals surface area contributed by atoms with Gasteiger partial charge in [-0.05, 0) is 40.7 Å². The maximum Gasteiger partial charge on any atom is 0.498 e. The van der Waals surface area contributed by atoms with Gasteiger partial charge in [0.05, 0.1) is 29.1 Å². The molecule has 2 aromatic rings. The van der Waals surface area contributed by atoms with Gasteiger partial charge in [-0.15, -0.1) is 0 Å². The van der Waals surface area contributed by atoms with Crippen molar-refractivity contribution >= 4 is 12.6 Å². The van der Waals surface area contributed by atoms with Gasteiger partial charge in [-0.2, -0.15) is 5.10 Å². The number of hydrogen-bond acceptors (Lipinski definition) is 5. The molecule has 0 bridgehead atoms. The average molecular weight is 300 g/mol. The molecule has 1 saturated heterocycles. The van der Waals surface area contributed by atoms with Gasteiger partial charge in [-0.25, -0.2) is 9.97 Å². The zero-order chi connectivity index (χ0) is 16.0. The molecular weight excluding hydrogens is 279 g/mol. The van der Waals surface area contributed by atoms with Crippen LogP contribution in [-0.4, -0.2) is 38.1 Å². The van der Waals surface area contributed by atoms with Crippen LogP contribution >= 0.6 is 0 Å². The first-order chi connectivity index (χ1) is 10.3. The highest BCUT2D eigenvalue weighted by Crippen LogP contribution is 2.36. The summed E-state index contributed by atoms with van der Waals surface area (Å²) in [6, 6.07) is 1.88. The van der Waals surface area contributed by atoms with Crippen LogP contribution in [0.5, 0.6) is 0 Å². The normalized spacial score (nSPS) is 19.6. The van der Waals surface area contributed by atoms with E-state index in [-0.39, 0.29) is 18.3 Å². The minimum Gasteiger partial charge on any atom is -0.399 e. The van der Waals surface area contributed by atoms with Crippen LogP contribution in [0.15, 0.2) is 24.8 Å². The molecule has 0 radical (unpaired) electrons. The van der Waals surface area contributed by atoms with E-state index in [0.717, 1.165) is 16.9 Å². The lowest BCUT2D eigenvalue weighted by Gasteiger charge is -2.32. The Hall–Kier alpha value is -1.73. The van der Waals surface area contributed by atoms with Gasteiger partial charge in [0.25, 0.3) is 0 Å². The smallest absolute Gasteiger partial charge is 0.399 e. The van der Waals surface area contributed by atoms with Crippen molar-refractivity contribution < 1.29 is 9.31 Å². The van der Waals surface area contributed by atoms with Crippen molar-refractivity contribution in [3.63, 3.8) is 0 Å². The van der Waals surface area contributed by atoms with E-state index in [1.807, 2.05) is 51.6 Å².